The van der Waals surface area contributed by atoms with E-state index >= 15 is 0 Å². The number of esters is 1. The van der Waals surface area contributed by atoms with Crippen LogP contribution in [0.4, 0.5) is 0 Å². The van der Waals surface area contributed by atoms with Gasteiger partial charge >= 0.3 is 5.97 Å². The third kappa shape index (κ3) is 3.28. The number of rotatable bonds is 5. The third-order valence-electron chi connectivity index (χ3n) is 2.67. The van der Waals surface area contributed by atoms with Gasteiger partial charge in [0.15, 0.2) is 0 Å². The highest BCUT2D eigenvalue weighted by molar-refractivity contribution is 7.15. The molecule has 7 heteroatoms. The van der Waals surface area contributed by atoms with Gasteiger partial charge in [-0.05, 0) is 25.1 Å². The minimum Gasteiger partial charge on any atom is -0.495 e. The van der Waals surface area contributed by atoms with Gasteiger partial charge in [-0.3, -0.25) is 0 Å². The van der Waals surface area contributed by atoms with Crippen LogP contribution < -0.4 is 9.47 Å². The van der Waals surface area contributed by atoms with Crippen molar-refractivity contribution in [2.24, 2.45) is 0 Å². The molecular formula is C14H14ClNO4S. The van der Waals surface area contributed by atoms with E-state index in [2.05, 4.69) is 4.98 Å². The lowest BCUT2D eigenvalue weighted by Crippen LogP contribution is -2.04. The van der Waals surface area contributed by atoms with Crippen molar-refractivity contribution in [3.05, 3.63) is 28.1 Å². The Bertz CT molecular complexity index is 656. The monoisotopic (exact) mass is 327 g/mol. The van der Waals surface area contributed by atoms with E-state index in [0.29, 0.717) is 38.7 Å². The molecule has 0 amide bonds. The van der Waals surface area contributed by atoms with Gasteiger partial charge in [0.05, 0.1) is 31.5 Å². The number of methoxy groups -OCH3 is 2. The summed E-state index contributed by atoms with van der Waals surface area (Å²) < 4.78 is 15.3. The molecule has 0 aliphatic carbocycles. The van der Waals surface area contributed by atoms with Gasteiger partial charge < -0.3 is 14.2 Å². The second kappa shape index (κ2) is 6.78. The predicted octanol–water partition coefficient (Wildman–Crippen LogP) is 3.66. The molecule has 112 valence electrons. The number of hydrogen-bond donors (Lipinski definition) is 0. The van der Waals surface area contributed by atoms with Crippen LogP contribution in [-0.2, 0) is 4.74 Å². The lowest BCUT2D eigenvalue weighted by molar-refractivity contribution is 0.0532. The van der Waals surface area contributed by atoms with E-state index in [1.165, 1.54) is 14.2 Å². The van der Waals surface area contributed by atoms with E-state index in [9.17, 15) is 4.79 Å². The quantitative estimate of drug-likeness (QED) is 0.784. The van der Waals surface area contributed by atoms with E-state index in [4.69, 9.17) is 25.8 Å². The first kappa shape index (κ1) is 15.6. The molecule has 1 aromatic carbocycles. The van der Waals surface area contributed by atoms with Gasteiger partial charge in [-0.25, -0.2) is 9.78 Å². The van der Waals surface area contributed by atoms with Crippen LogP contribution in [0, 0.1) is 0 Å². The number of benzene rings is 1. The lowest BCUT2D eigenvalue weighted by Gasteiger charge is -2.06. The van der Waals surface area contributed by atoms with Crippen LogP contribution in [0.1, 0.15) is 16.6 Å². The smallest absolute Gasteiger partial charge is 0.350 e. The Morgan fingerprint density at radius 2 is 2.10 bits per heavy atom. The zero-order valence-corrected chi connectivity index (χ0v) is 13.4. The topological polar surface area (TPSA) is 57.7 Å². The predicted molar refractivity (Wildman–Crippen MR) is 81.6 cm³/mol. The van der Waals surface area contributed by atoms with Gasteiger partial charge in [-0.2, -0.15) is 0 Å². The molecule has 2 aromatic rings. The van der Waals surface area contributed by atoms with Crippen LogP contribution >= 0.6 is 22.9 Å². The second-order valence-electron chi connectivity index (χ2n) is 3.93. The van der Waals surface area contributed by atoms with Gasteiger partial charge in [0.1, 0.15) is 10.6 Å². The number of aromatic nitrogens is 1. The largest absolute Gasteiger partial charge is 0.495 e. The van der Waals surface area contributed by atoms with Crippen LogP contribution in [0.15, 0.2) is 18.2 Å². The Morgan fingerprint density at radius 1 is 1.33 bits per heavy atom. The maximum Gasteiger partial charge on any atom is 0.350 e. The molecule has 21 heavy (non-hydrogen) atoms. The number of nitrogens with zero attached hydrogens (tertiary/aromatic N) is 1. The summed E-state index contributed by atoms with van der Waals surface area (Å²) in [5.41, 5.74) is 1.18. The Morgan fingerprint density at radius 3 is 2.67 bits per heavy atom. The van der Waals surface area contributed by atoms with E-state index in [0.717, 1.165) is 11.3 Å². The third-order valence-corrected chi connectivity index (χ3v) is 3.96. The molecule has 1 heterocycles. The first-order valence-electron chi connectivity index (χ1n) is 6.16. The standard InChI is InChI=1S/C14H14ClNO4S/c1-4-20-13(17)12-11(16-14(19-3)21-12)8-5-6-10(18-2)9(15)7-8/h5-7H,4H2,1-3H3. The van der Waals surface area contributed by atoms with Crippen LogP contribution in [-0.4, -0.2) is 31.8 Å². The van der Waals surface area contributed by atoms with Gasteiger partial charge in [0.25, 0.3) is 5.19 Å². The summed E-state index contributed by atoms with van der Waals surface area (Å²) in [5.74, 6) is 0.125. The van der Waals surface area contributed by atoms with E-state index in [-0.39, 0.29) is 0 Å². The lowest BCUT2D eigenvalue weighted by atomic mass is 10.1. The SMILES string of the molecule is CCOC(=O)c1sc(OC)nc1-c1ccc(OC)c(Cl)c1. The minimum absolute atomic E-state index is 0.294. The van der Waals surface area contributed by atoms with E-state index in [1.54, 1.807) is 25.1 Å². The van der Waals surface area contributed by atoms with E-state index in [1.807, 2.05) is 0 Å². The van der Waals surface area contributed by atoms with Crippen molar-refractivity contribution in [3.63, 3.8) is 0 Å². The van der Waals surface area contributed by atoms with Gasteiger partial charge in [0, 0.05) is 5.56 Å². The summed E-state index contributed by atoms with van der Waals surface area (Å²) in [6.07, 6.45) is 0. The Kier molecular flexibility index (Phi) is 5.03. The summed E-state index contributed by atoms with van der Waals surface area (Å²) in [7, 11) is 3.04. The fourth-order valence-corrected chi connectivity index (χ4v) is 2.79. The van der Waals surface area contributed by atoms with Crippen LogP contribution in [0.5, 0.6) is 10.9 Å². The van der Waals surface area contributed by atoms with Crippen molar-refractivity contribution >= 4 is 28.9 Å². The average Bonchev–Trinajstić information content (AvgIpc) is 2.91. The summed E-state index contributed by atoms with van der Waals surface area (Å²) in [6.45, 7) is 2.04. The molecular weight excluding hydrogens is 314 g/mol. The molecule has 1 aromatic heterocycles. The van der Waals surface area contributed by atoms with Crippen molar-refractivity contribution < 1.29 is 19.0 Å². The summed E-state index contributed by atoms with van der Waals surface area (Å²) >= 11 is 7.25. The number of hydrogen-bond acceptors (Lipinski definition) is 6. The highest BCUT2D eigenvalue weighted by atomic mass is 35.5. The highest BCUT2D eigenvalue weighted by Gasteiger charge is 2.21. The molecule has 0 spiro atoms. The van der Waals surface area contributed by atoms with Crippen molar-refractivity contribution in [3.8, 4) is 22.2 Å². The number of thiazole rings is 1. The Labute approximate surface area is 131 Å². The van der Waals surface area contributed by atoms with Gasteiger partial charge in [-0.15, -0.1) is 0 Å². The number of carbonyl (C=O) groups is 1. The minimum atomic E-state index is -0.430. The van der Waals surface area contributed by atoms with Crippen molar-refractivity contribution in [2.45, 2.75) is 6.92 Å². The van der Waals surface area contributed by atoms with Crippen molar-refractivity contribution in [1.29, 1.82) is 0 Å². The average molecular weight is 328 g/mol. The second-order valence-corrected chi connectivity index (χ2v) is 5.30. The molecule has 0 bridgehead atoms. The van der Waals surface area contributed by atoms with Crippen molar-refractivity contribution in [2.75, 3.05) is 20.8 Å². The fourth-order valence-electron chi connectivity index (χ4n) is 1.73. The molecule has 0 radical (unpaired) electrons. The molecule has 0 aliphatic heterocycles. The maximum atomic E-state index is 12.0. The normalized spacial score (nSPS) is 10.3. The molecule has 0 saturated heterocycles. The number of carbonyl (C=O) groups excluding carboxylic acids is 1. The number of halogens is 1. The zero-order chi connectivity index (χ0) is 15.4. The molecule has 0 unspecified atom stereocenters. The van der Waals surface area contributed by atoms with Crippen molar-refractivity contribution in [1.82, 2.24) is 4.98 Å². The summed E-state index contributed by atoms with van der Waals surface area (Å²) in [5, 5.41) is 0.830. The van der Waals surface area contributed by atoms with Gasteiger partial charge in [-0.1, -0.05) is 22.9 Å². The molecule has 0 N–H and O–H groups in total. The van der Waals surface area contributed by atoms with Gasteiger partial charge in [0.2, 0.25) is 0 Å². The molecule has 5 nitrogen and oxygen atoms in total. The fraction of sp³-hybridized carbons (Fsp3) is 0.286. The number of ether oxygens (including phenoxy) is 3. The zero-order valence-electron chi connectivity index (χ0n) is 11.8. The molecule has 0 fully saturated rings. The van der Waals surface area contributed by atoms with E-state index < -0.39 is 5.97 Å². The van der Waals surface area contributed by atoms with Crippen LogP contribution in [0.2, 0.25) is 5.02 Å². The molecule has 0 saturated carbocycles. The molecule has 0 aliphatic rings. The maximum absolute atomic E-state index is 12.0. The molecule has 2 rings (SSSR count). The first-order valence-corrected chi connectivity index (χ1v) is 7.36. The summed E-state index contributed by atoms with van der Waals surface area (Å²) in [4.78, 5) is 16.7. The van der Waals surface area contributed by atoms with Crippen LogP contribution in [0.3, 0.4) is 0 Å². The Balaban J connectivity index is 2.49. The Hall–Kier alpha value is -1.79. The first-order chi connectivity index (χ1) is 10.1. The highest BCUT2D eigenvalue weighted by Crippen LogP contribution is 2.36. The summed E-state index contributed by atoms with van der Waals surface area (Å²) in [6, 6.07) is 5.19. The molecule has 0 atom stereocenters. The van der Waals surface area contributed by atoms with Crippen LogP contribution in [0.25, 0.3) is 11.3 Å².